The van der Waals surface area contributed by atoms with Gasteiger partial charge in [-0.15, -0.1) is 0 Å². The lowest BCUT2D eigenvalue weighted by molar-refractivity contribution is 0.320. The van der Waals surface area contributed by atoms with E-state index in [0.29, 0.717) is 5.25 Å². The summed E-state index contributed by atoms with van der Waals surface area (Å²) in [6.45, 7) is 9.76. The van der Waals surface area contributed by atoms with Gasteiger partial charge in [0.05, 0.1) is 11.7 Å². The highest BCUT2D eigenvalue weighted by Gasteiger charge is 2.44. The third kappa shape index (κ3) is 3.06. The molecule has 5 heterocycles. The smallest absolute Gasteiger partial charge is 0.160 e. The molecule has 5 nitrogen and oxygen atoms in total. The summed E-state index contributed by atoms with van der Waals surface area (Å²) in [5.74, 6) is 0.976. The van der Waals surface area contributed by atoms with Crippen molar-refractivity contribution in [2.75, 3.05) is 6.54 Å². The fraction of sp³-hybridized carbons (Fsp3) is 0.348. The molecule has 0 saturated carbocycles. The summed E-state index contributed by atoms with van der Waals surface area (Å²) in [4.78, 5) is 16.9. The van der Waals surface area contributed by atoms with Crippen molar-refractivity contribution in [1.29, 1.82) is 0 Å². The third-order valence-corrected chi connectivity index (χ3v) is 6.90. The van der Waals surface area contributed by atoms with Crippen LogP contribution in [0.3, 0.4) is 0 Å². The zero-order valence-electron chi connectivity index (χ0n) is 17.2. The van der Waals surface area contributed by atoms with Crippen molar-refractivity contribution >= 4 is 16.9 Å². The minimum atomic E-state index is 0.0191. The number of rotatable bonds is 3. The van der Waals surface area contributed by atoms with Crippen molar-refractivity contribution in [2.24, 2.45) is 4.99 Å². The number of nitrogens with zero attached hydrogens (tertiary/aromatic N) is 5. The molecule has 3 atom stereocenters. The zero-order chi connectivity index (χ0) is 20.1. The number of aromatic nitrogens is 3. The minimum absolute atomic E-state index is 0.0191. The molecule has 3 aromatic heterocycles. The summed E-state index contributed by atoms with van der Waals surface area (Å²) < 4.78 is 2.27. The van der Waals surface area contributed by atoms with E-state index in [1.807, 2.05) is 36.3 Å². The Labute approximate surface area is 175 Å². The Hall–Kier alpha value is -2.60. The van der Waals surface area contributed by atoms with Gasteiger partial charge in [0.25, 0.3) is 0 Å². The molecule has 0 amide bonds. The van der Waals surface area contributed by atoms with Crippen molar-refractivity contribution in [3.8, 4) is 5.82 Å². The highest BCUT2D eigenvalue weighted by atomic mass is 32.2. The van der Waals surface area contributed by atoms with Crippen LogP contribution in [0.15, 0.2) is 53.8 Å². The van der Waals surface area contributed by atoms with Crippen molar-refractivity contribution in [3.05, 3.63) is 77.0 Å². The van der Waals surface area contributed by atoms with E-state index in [-0.39, 0.29) is 12.1 Å². The molecule has 5 rings (SSSR count). The Morgan fingerprint density at radius 3 is 2.66 bits per heavy atom. The average Bonchev–Trinajstić information content (AvgIpc) is 3.32. The molecule has 0 unspecified atom stereocenters. The second-order valence-electron chi connectivity index (χ2n) is 7.99. The molecule has 2 aliphatic heterocycles. The molecule has 0 bridgehead atoms. The molecule has 1 fully saturated rings. The predicted octanol–water partition coefficient (Wildman–Crippen LogP) is 4.78. The van der Waals surface area contributed by atoms with E-state index in [9.17, 15) is 0 Å². The van der Waals surface area contributed by atoms with E-state index in [1.54, 1.807) is 0 Å². The largest absolute Gasteiger partial charge is 0.341 e. The van der Waals surface area contributed by atoms with Gasteiger partial charge in [0.1, 0.15) is 11.9 Å². The first kappa shape index (κ1) is 18.4. The maximum absolute atomic E-state index is 5.11. The topological polar surface area (TPSA) is 46.3 Å². The van der Waals surface area contributed by atoms with Crippen LogP contribution in [0.25, 0.3) is 5.82 Å². The summed E-state index contributed by atoms with van der Waals surface area (Å²) >= 11 is 1.88. The normalized spacial score (nSPS) is 23.4. The summed E-state index contributed by atoms with van der Waals surface area (Å²) in [6, 6.07) is 12.8. The van der Waals surface area contributed by atoms with Gasteiger partial charge in [-0.1, -0.05) is 24.8 Å². The van der Waals surface area contributed by atoms with Crippen molar-refractivity contribution in [3.63, 3.8) is 0 Å². The fourth-order valence-electron chi connectivity index (χ4n) is 4.54. The van der Waals surface area contributed by atoms with Crippen LogP contribution in [0.4, 0.5) is 0 Å². The van der Waals surface area contributed by atoms with Gasteiger partial charge in [-0.25, -0.2) is 4.98 Å². The van der Waals surface area contributed by atoms with E-state index >= 15 is 0 Å². The first-order valence-electron chi connectivity index (χ1n) is 10.1. The number of fused-ring (bicyclic) bond motifs is 1. The molecule has 0 aromatic carbocycles. The lowest BCUT2D eigenvalue weighted by atomic mass is 9.96. The van der Waals surface area contributed by atoms with Crippen LogP contribution in [0.2, 0.25) is 0 Å². The van der Waals surface area contributed by atoms with E-state index < -0.39 is 0 Å². The third-order valence-electron chi connectivity index (χ3n) is 5.80. The summed E-state index contributed by atoms with van der Waals surface area (Å²) in [5, 5.41) is 1.71. The van der Waals surface area contributed by atoms with Crippen LogP contribution < -0.4 is 0 Å². The standard InChI is InChI=1S/C23H25N5S/c1-14-8-10-25-20(11-14)28-15(2)12-18(17(28)4)22-21(19-7-5-6-9-24-19)26-23-27(22)13-16(3)29-23/h5-12,16,21-22H,13H2,1-4H3/t16-,21-,22-/m0/s1. The first-order chi connectivity index (χ1) is 14.0. The minimum Gasteiger partial charge on any atom is -0.341 e. The second-order valence-corrected chi connectivity index (χ2v) is 9.40. The van der Waals surface area contributed by atoms with Gasteiger partial charge < -0.3 is 9.47 Å². The van der Waals surface area contributed by atoms with Gasteiger partial charge >= 0.3 is 0 Å². The van der Waals surface area contributed by atoms with Gasteiger partial charge in [-0.05, 0) is 62.2 Å². The Morgan fingerprint density at radius 2 is 1.90 bits per heavy atom. The molecule has 2 aliphatic rings. The van der Waals surface area contributed by atoms with E-state index in [0.717, 1.165) is 23.2 Å². The van der Waals surface area contributed by atoms with Crippen LogP contribution in [0, 0.1) is 20.8 Å². The quantitative estimate of drug-likeness (QED) is 0.631. The first-order valence-corrected chi connectivity index (χ1v) is 10.9. The van der Waals surface area contributed by atoms with E-state index in [4.69, 9.17) is 4.99 Å². The van der Waals surface area contributed by atoms with Gasteiger partial charge in [0, 0.05) is 35.6 Å². The van der Waals surface area contributed by atoms with E-state index in [2.05, 4.69) is 71.4 Å². The van der Waals surface area contributed by atoms with Crippen LogP contribution >= 0.6 is 11.8 Å². The molecule has 0 N–H and O–H groups in total. The lowest BCUT2D eigenvalue weighted by Crippen LogP contribution is -2.28. The number of hydrogen-bond donors (Lipinski definition) is 0. The molecular formula is C23H25N5S. The van der Waals surface area contributed by atoms with Crippen LogP contribution in [-0.2, 0) is 0 Å². The number of thioether (sulfide) groups is 1. The Morgan fingerprint density at radius 1 is 1.03 bits per heavy atom. The number of aliphatic imine (C=N–C) groups is 1. The molecule has 29 heavy (non-hydrogen) atoms. The molecule has 0 aliphatic carbocycles. The Bertz CT molecular complexity index is 1090. The van der Waals surface area contributed by atoms with Gasteiger partial charge in [0.2, 0.25) is 0 Å². The number of pyridine rings is 2. The van der Waals surface area contributed by atoms with Crippen molar-refractivity contribution in [1.82, 2.24) is 19.4 Å². The maximum atomic E-state index is 5.11. The molecule has 0 radical (unpaired) electrons. The summed E-state index contributed by atoms with van der Waals surface area (Å²) in [5.41, 5.74) is 5.99. The summed E-state index contributed by atoms with van der Waals surface area (Å²) in [6.07, 6.45) is 3.75. The van der Waals surface area contributed by atoms with Crippen LogP contribution in [0.5, 0.6) is 0 Å². The predicted molar refractivity (Wildman–Crippen MR) is 119 cm³/mol. The molecule has 3 aromatic rings. The zero-order valence-corrected chi connectivity index (χ0v) is 18.0. The monoisotopic (exact) mass is 403 g/mol. The molecule has 1 saturated heterocycles. The van der Waals surface area contributed by atoms with Gasteiger partial charge in [-0.3, -0.25) is 9.98 Å². The maximum Gasteiger partial charge on any atom is 0.160 e. The summed E-state index contributed by atoms with van der Waals surface area (Å²) in [7, 11) is 0. The Balaban J connectivity index is 1.63. The molecular weight excluding hydrogens is 378 g/mol. The highest BCUT2D eigenvalue weighted by Crippen LogP contribution is 2.48. The van der Waals surface area contributed by atoms with Crippen molar-refractivity contribution < 1.29 is 0 Å². The number of aryl methyl sites for hydroxylation is 2. The van der Waals surface area contributed by atoms with E-state index in [1.165, 1.54) is 22.5 Å². The number of amidine groups is 1. The average molecular weight is 404 g/mol. The Kier molecular flexibility index (Phi) is 4.46. The van der Waals surface area contributed by atoms with Crippen molar-refractivity contribution in [2.45, 2.75) is 45.0 Å². The highest BCUT2D eigenvalue weighted by molar-refractivity contribution is 8.14. The van der Waals surface area contributed by atoms with Gasteiger partial charge in [-0.2, -0.15) is 0 Å². The van der Waals surface area contributed by atoms with Gasteiger partial charge in [0.15, 0.2) is 5.17 Å². The lowest BCUT2D eigenvalue weighted by Gasteiger charge is -2.27. The van der Waals surface area contributed by atoms with Crippen LogP contribution in [-0.4, -0.2) is 36.4 Å². The fourth-order valence-corrected chi connectivity index (χ4v) is 5.63. The van der Waals surface area contributed by atoms with Crippen LogP contribution in [0.1, 0.15) is 47.2 Å². The molecule has 148 valence electrons. The second kappa shape index (κ2) is 7.02. The SMILES string of the molecule is Cc1ccnc(-n2c(C)cc([C@H]3[C@H](c4ccccn4)N=C4S[C@@H](C)CN43)c2C)c1. The number of hydrogen-bond acceptors (Lipinski definition) is 5. The molecule has 6 heteroatoms. The molecule has 0 spiro atoms.